The molecule has 0 unspecified atom stereocenters. The van der Waals surface area contributed by atoms with Crippen molar-refractivity contribution in [3.8, 4) is 11.4 Å². The highest BCUT2D eigenvalue weighted by Crippen LogP contribution is 2.24. The van der Waals surface area contributed by atoms with Crippen LogP contribution >= 0.6 is 11.8 Å². The second kappa shape index (κ2) is 7.59. The van der Waals surface area contributed by atoms with Crippen LogP contribution in [0, 0.1) is 5.92 Å². The second-order valence-electron chi connectivity index (χ2n) is 5.93. The Morgan fingerprint density at radius 2 is 2.13 bits per heavy atom. The summed E-state index contributed by atoms with van der Waals surface area (Å²) in [5.74, 6) is 1.66. The van der Waals surface area contributed by atoms with E-state index in [0.29, 0.717) is 28.7 Å². The lowest BCUT2D eigenvalue weighted by molar-refractivity contribution is -0.119. The van der Waals surface area contributed by atoms with Crippen LogP contribution in [0.15, 0.2) is 29.7 Å². The van der Waals surface area contributed by atoms with Gasteiger partial charge in [-0.1, -0.05) is 31.5 Å². The molecule has 2 atom stereocenters. The van der Waals surface area contributed by atoms with E-state index in [2.05, 4.69) is 32.4 Å². The third-order valence-electron chi connectivity index (χ3n) is 4.21. The van der Waals surface area contributed by atoms with Crippen LogP contribution in [-0.2, 0) is 4.79 Å². The highest BCUT2D eigenvalue weighted by molar-refractivity contribution is 7.99. The summed E-state index contributed by atoms with van der Waals surface area (Å²) in [6.45, 7) is 2.22. The minimum atomic E-state index is 0.0593. The fourth-order valence-corrected chi connectivity index (χ4v) is 3.47. The second-order valence-corrected chi connectivity index (χ2v) is 6.87. The standard InChI is InChI=1S/C16H21N5OS/c1-11-4-2-3-5-13(11)18-14(22)10-23-16-19-15(20-21-16)12-6-8-17-9-7-12/h6-9,11,13H,2-5,10H2,1H3,(H,18,22)(H,19,20,21)/t11-,13+/m1/s1. The van der Waals surface area contributed by atoms with Crippen molar-refractivity contribution in [2.45, 2.75) is 43.8 Å². The van der Waals surface area contributed by atoms with Crippen molar-refractivity contribution >= 4 is 17.7 Å². The molecule has 122 valence electrons. The molecule has 1 amide bonds. The molecule has 2 aromatic heterocycles. The van der Waals surface area contributed by atoms with E-state index in [1.165, 1.54) is 31.0 Å². The average molecular weight is 331 g/mol. The van der Waals surface area contributed by atoms with Gasteiger partial charge in [0, 0.05) is 24.0 Å². The Labute approximate surface area is 139 Å². The Morgan fingerprint density at radius 1 is 1.35 bits per heavy atom. The molecule has 1 fully saturated rings. The van der Waals surface area contributed by atoms with Gasteiger partial charge in [-0.25, -0.2) is 4.98 Å². The van der Waals surface area contributed by atoms with Gasteiger partial charge in [-0.15, -0.1) is 5.10 Å². The fraction of sp³-hybridized carbons (Fsp3) is 0.500. The number of amides is 1. The van der Waals surface area contributed by atoms with Gasteiger partial charge in [0.2, 0.25) is 11.1 Å². The summed E-state index contributed by atoms with van der Waals surface area (Å²) in [5.41, 5.74) is 0.930. The van der Waals surface area contributed by atoms with Crippen LogP contribution in [0.1, 0.15) is 32.6 Å². The number of aromatic nitrogens is 4. The van der Waals surface area contributed by atoms with Crippen LogP contribution in [0.3, 0.4) is 0 Å². The smallest absolute Gasteiger partial charge is 0.230 e. The number of rotatable bonds is 5. The molecule has 0 radical (unpaired) electrons. The van der Waals surface area contributed by atoms with Gasteiger partial charge in [0.05, 0.1) is 5.75 Å². The number of carbonyl (C=O) groups is 1. The van der Waals surface area contributed by atoms with Crippen molar-refractivity contribution in [1.29, 1.82) is 0 Å². The molecule has 6 nitrogen and oxygen atoms in total. The summed E-state index contributed by atoms with van der Waals surface area (Å²) in [4.78, 5) is 20.5. The zero-order chi connectivity index (χ0) is 16.1. The number of hydrogen-bond acceptors (Lipinski definition) is 5. The molecule has 2 aromatic rings. The average Bonchev–Trinajstić information content (AvgIpc) is 3.05. The minimum absolute atomic E-state index is 0.0593. The molecule has 0 aliphatic heterocycles. The van der Waals surface area contributed by atoms with Crippen LogP contribution in [0.2, 0.25) is 0 Å². The summed E-state index contributed by atoms with van der Waals surface area (Å²) in [7, 11) is 0. The van der Waals surface area contributed by atoms with Crippen LogP contribution in [0.5, 0.6) is 0 Å². The zero-order valence-corrected chi connectivity index (χ0v) is 14.0. The number of aromatic amines is 1. The van der Waals surface area contributed by atoms with Crippen LogP contribution in [0.4, 0.5) is 0 Å². The lowest BCUT2D eigenvalue weighted by Crippen LogP contribution is -2.41. The van der Waals surface area contributed by atoms with Gasteiger partial charge in [-0.3, -0.25) is 14.9 Å². The number of carbonyl (C=O) groups excluding carboxylic acids is 1. The highest BCUT2D eigenvalue weighted by Gasteiger charge is 2.22. The van der Waals surface area contributed by atoms with E-state index in [-0.39, 0.29) is 5.91 Å². The van der Waals surface area contributed by atoms with E-state index in [4.69, 9.17) is 0 Å². The predicted octanol–water partition coefficient (Wildman–Crippen LogP) is 2.65. The number of nitrogens with one attached hydrogen (secondary N) is 2. The largest absolute Gasteiger partial charge is 0.352 e. The normalized spacial score (nSPS) is 21.1. The van der Waals surface area contributed by atoms with Crippen LogP contribution < -0.4 is 5.32 Å². The topological polar surface area (TPSA) is 83.6 Å². The Kier molecular flexibility index (Phi) is 5.27. The maximum Gasteiger partial charge on any atom is 0.230 e. The summed E-state index contributed by atoms with van der Waals surface area (Å²) >= 11 is 1.35. The van der Waals surface area contributed by atoms with E-state index in [9.17, 15) is 4.79 Å². The van der Waals surface area contributed by atoms with Crippen molar-refractivity contribution in [2.24, 2.45) is 5.92 Å². The minimum Gasteiger partial charge on any atom is -0.352 e. The molecule has 2 N–H and O–H groups in total. The summed E-state index contributed by atoms with van der Waals surface area (Å²) in [6.07, 6.45) is 8.20. The molecule has 0 saturated heterocycles. The SMILES string of the molecule is C[C@@H]1CCCC[C@@H]1NC(=O)CSc1n[nH]c(-c2ccncc2)n1. The molecule has 3 rings (SSSR count). The first-order valence-corrected chi connectivity index (χ1v) is 8.96. The molecule has 0 aromatic carbocycles. The quantitative estimate of drug-likeness (QED) is 0.823. The lowest BCUT2D eigenvalue weighted by Gasteiger charge is -2.29. The first-order chi connectivity index (χ1) is 11.2. The van der Waals surface area contributed by atoms with Crippen LogP contribution in [-0.4, -0.2) is 37.9 Å². The van der Waals surface area contributed by atoms with Crippen molar-refractivity contribution in [1.82, 2.24) is 25.5 Å². The van der Waals surface area contributed by atoms with Gasteiger partial charge < -0.3 is 5.32 Å². The van der Waals surface area contributed by atoms with Crippen LogP contribution in [0.25, 0.3) is 11.4 Å². The van der Waals surface area contributed by atoms with Gasteiger partial charge in [0.15, 0.2) is 5.82 Å². The molecular weight excluding hydrogens is 310 g/mol. The Bertz CT molecular complexity index is 645. The first kappa shape index (κ1) is 16.0. The molecule has 1 aliphatic carbocycles. The number of H-pyrrole nitrogens is 1. The van der Waals surface area contributed by atoms with Crippen molar-refractivity contribution < 1.29 is 4.79 Å². The molecule has 0 bridgehead atoms. The third-order valence-corrected chi connectivity index (χ3v) is 5.06. The highest BCUT2D eigenvalue weighted by atomic mass is 32.2. The van der Waals surface area contributed by atoms with E-state index in [1.807, 2.05) is 12.1 Å². The summed E-state index contributed by atoms with van der Waals surface area (Å²) < 4.78 is 0. The molecule has 1 aliphatic rings. The zero-order valence-electron chi connectivity index (χ0n) is 13.2. The Morgan fingerprint density at radius 3 is 2.91 bits per heavy atom. The van der Waals surface area contributed by atoms with E-state index in [1.54, 1.807) is 12.4 Å². The maximum absolute atomic E-state index is 12.1. The van der Waals surface area contributed by atoms with Gasteiger partial charge in [0.1, 0.15) is 0 Å². The van der Waals surface area contributed by atoms with Gasteiger partial charge in [0.25, 0.3) is 0 Å². The molecule has 0 spiro atoms. The van der Waals surface area contributed by atoms with Crippen molar-refractivity contribution in [2.75, 3.05) is 5.75 Å². The van der Waals surface area contributed by atoms with E-state index < -0.39 is 0 Å². The number of pyridine rings is 1. The monoisotopic (exact) mass is 331 g/mol. The molecule has 23 heavy (non-hydrogen) atoms. The van der Waals surface area contributed by atoms with Crippen molar-refractivity contribution in [3.63, 3.8) is 0 Å². The van der Waals surface area contributed by atoms with E-state index >= 15 is 0 Å². The first-order valence-electron chi connectivity index (χ1n) is 7.97. The van der Waals surface area contributed by atoms with Gasteiger partial charge in [-0.05, 0) is 30.9 Å². The number of nitrogens with zero attached hydrogens (tertiary/aromatic N) is 3. The Balaban J connectivity index is 1.50. The molecular formula is C16H21N5OS. The van der Waals surface area contributed by atoms with Gasteiger partial charge in [-0.2, -0.15) is 0 Å². The van der Waals surface area contributed by atoms with Crippen molar-refractivity contribution in [3.05, 3.63) is 24.5 Å². The summed E-state index contributed by atoms with van der Waals surface area (Å²) in [6, 6.07) is 4.05. The predicted molar refractivity (Wildman–Crippen MR) is 89.9 cm³/mol. The number of hydrogen-bond donors (Lipinski definition) is 2. The van der Waals surface area contributed by atoms with E-state index in [0.717, 1.165) is 12.0 Å². The van der Waals surface area contributed by atoms with Gasteiger partial charge >= 0.3 is 0 Å². The lowest BCUT2D eigenvalue weighted by atomic mass is 9.86. The molecule has 1 saturated carbocycles. The fourth-order valence-electron chi connectivity index (χ4n) is 2.86. The Hall–Kier alpha value is -1.89. The third kappa shape index (κ3) is 4.31. The summed E-state index contributed by atoms with van der Waals surface area (Å²) in [5, 5.41) is 10.8. The maximum atomic E-state index is 12.1. The molecule has 2 heterocycles. The number of thioether (sulfide) groups is 1. The molecule has 7 heteroatoms.